The minimum atomic E-state index is 0.584. The van der Waals surface area contributed by atoms with Gasteiger partial charge in [-0.2, -0.15) is 0 Å². The van der Waals surface area contributed by atoms with E-state index in [2.05, 4.69) is 4.99 Å². The normalized spacial score (nSPS) is 11.9. The van der Waals surface area contributed by atoms with Crippen LogP contribution >= 0.6 is 0 Å². The van der Waals surface area contributed by atoms with E-state index in [9.17, 15) is 0 Å². The lowest BCUT2D eigenvalue weighted by atomic mass is 10.1. The Bertz CT molecular complexity index is 1030. The lowest BCUT2D eigenvalue weighted by molar-refractivity contribution is 0.668. The molecule has 0 aliphatic carbocycles. The molecule has 3 heteroatoms. The Morgan fingerprint density at radius 2 is 1.57 bits per heavy atom. The first kappa shape index (κ1) is 13.5. The summed E-state index contributed by atoms with van der Waals surface area (Å²) in [5.74, 6) is 0. The van der Waals surface area contributed by atoms with Gasteiger partial charge in [0.25, 0.3) is 0 Å². The Balaban J connectivity index is 1.97. The molecule has 0 fully saturated rings. The number of hydrogen-bond donors (Lipinski definition) is 1. The predicted molar refractivity (Wildman–Crippen MR) is 95.1 cm³/mol. The minimum Gasteiger partial charge on any atom is -0.455 e. The quantitative estimate of drug-likeness (QED) is 0.509. The molecular weight excluding hydrogens is 284 g/mol. The van der Waals surface area contributed by atoms with Gasteiger partial charge in [0.15, 0.2) is 0 Å². The number of nitrogens with zero attached hydrogens (tertiary/aromatic N) is 1. The third-order valence-corrected chi connectivity index (χ3v) is 3.82. The summed E-state index contributed by atoms with van der Waals surface area (Å²) in [4.78, 5) is 4.58. The first-order valence-corrected chi connectivity index (χ1v) is 7.41. The molecule has 3 aromatic carbocycles. The van der Waals surface area contributed by atoms with Crippen LogP contribution in [0.1, 0.15) is 5.56 Å². The van der Waals surface area contributed by atoms with Gasteiger partial charge in [0.1, 0.15) is 11.2 Å². The molecule has 0 bridgehead atoms. The lowest BCUT2D eigenvalue weighted by Crippen LogP contribution is -2.01. The van der Waals surface area contributed by atoms with Gasteiger partial charge in [-0.3, -0.25) is 0 Å². The van der Waals surface area contributed by atoms with Crippen molar-refractivity contribution in [3.05, 3.63) is 78.4 Å². The number of aliphatic imine (C=N–C) groups is 1. The third kappa shape index (κ3) is 2.32. The molecule has 0 saturated carbocycles. The number of rotatable bonds is 3. The van der Waals surface area contributed by atoms with Crippen LogP contribution in [0.5, 0.6) is 0 Å². The number of hydrogen-bond acceptors (Lipinski definition) is 3. The molecular formula is C20H14N2O. The van der Waals surface area contributed by atoms with Crippen molar-refractivity contribution in [3.63, 3.8) is 0 Å². The van der Waals surface area contributed by atoms with Gasteiger partial charge in [0, 0.05) is 22.6 Å². The van der Waals surface area contributed by atoms with Crippen LogP contribution in [0.4, 0.5) is 5.69 Å². The van der Waals surface area contributed by atoms with Gasteiger partial charge in [-0.1, -0.05) is 48.5 Å². The molecule has 23 heavy (non-hydrogen) atoms. The summed E-state index contributed by atoms with van der Waals surface area (Å²) in [7, 11) is 0. The van der Waals surface area contributed by atoms with E-state index in [-0.39, 0.29) is 0 Å². The summed E-state index contributed by atoms with van der Waals surface area (Å²) < 4.78 is 6.02. The molecule has 0 atom stereocenters. The van der Waals surface area contributed by atoms with Crippen molar-refractivity contribution in [2.45, 2.75) is 0 Å². The third-order valence-electron chi connectivity index (χ3n) is 3.82. The molecule has 3 nitrogen and oxygen atoms in total. The van der Waals surface area contributed by atoms with Crippen LogP contribution < -0.4 is 0 Å². The van der Waals surface area contributed by atoms with E-state index in [0.717, 1.165) is 33.2 Å². The maximum absolute atomic E-state index is 7.76. The summed E-state index contributed by atoms with van der Waals surface area (Å²) >= 11 is 0. The molecule has 4 rings (SSSR count). The van der Waals surface area contributed by atoms with Gasteiger partial charge in [0.2, 0.25) is 0 Å². The number of nitrogens with one attached hydrogen (secondary N) is 1. The van der Waals surface area contributed by atoms with Gasteiger partial charge in [-0.25, -0.2) is 4.99 Å². The van der Waals surface area contributed by atoms with Crippen molar-refractivity contribution < 1.29 is 4.42 Å². The number of fused-ring (bicyclic) bond motifs is 3. The van der Waals surface area contributed by atoms with Crippen LogP contribution in [-0.2, 0) is 0 Å². The van der Waals surface area contributed by atoms with Gasteiger partial charge in [0.05, 0.1) is 11.4 Å². The highest BCUT2D eigenvalue weighted by Gasteiger charge is 2.13. The van der Waals surface area contributed by atoms with Gasteiger partial charge in [-0.05, 0) is 24.3 Å². The fraction of sp³-hybridized carbons (Fsp3) is 0. The molecule has 1 heterocycles. The van der Waals surface area contributed by atoms with Crippen molar-refractivity contribution >= 4 is 39.6 Å². The van der Waals surface area contributed by atoms with Gasteiger partial charge in [-0.15, -0.1) is 0 Å². The topological polar surface area (TPSA) is 49.4 Å². The van der Waals surface area contributed by atoms with E-state index in [0.29, 0.717) is 5.71 Å². The molecule has 4 aromatic rings. The Hall–Kier alpha value is -3.20. The first-order valence-electron chi connectivity index (χ1n) is 7.41. The second kappa shape index (κ2) is 5.54. The van der Waals surface area contributed by atoms with Crippen molar-refractivity contribution in [3.8, 4) is 0 Å². The maximum atomic E-state index is 7.76. The lowest BCUT2D eigenvalue weighted by Gasteiger charge is -2.02. The summed E-state index contributed by atoms with van der Waals surface area (Å²) in [5.41, 5.74) is 3.85. The Kier molecular flexibility index (Phi) is 3.24. The molecule has 0 amide bonds. The number of para-hydroxylation sites is 3. The van der Waals surface area contributed by atoms with Crippen molar-refractivity contribution in [2.75, 3.05) is 0 Å². The van der Waals surface area contributed by atoms with E-state index in [4.69, 9.17) is 9.83 Å². The van der Waals surface area contributed by atoms with Gasteiger partial charge >= 0.3 is 0 Å². The molecule has 1 N–H and O–H groups in total. The van der Waals surface area contributed by atoms with Crippen LogP contribution in [0.25, 0.3) is 21.9 Å². The first-order chi connectivity index (χ1) is 11.4. The number of furan rings is 1. The maximum Gasteiger partial charge on any atom is 0.144 e. The fourth-order valence-electron chi connectivity index (χ4n) is 2.76. The highest BCUT2D eigenvalue weighted by molar-refractivity contribution is 6.40. The van der Waals surface area contributed by atoms with E-state index in [1.54, 1.807) is 0 Å². The number of benzene rings is 3. The van der Waals surface area contributed by atoms with Crippen molar-refractivity contribution in [1.82, 2.24) is 0 Å². The smallest absolute Gasteiger partial charge is 0.144 e. The summed E-state index contributed by atoms with van der Waals surface area (Å²) in [6.45, 7) is 0. The zero-order chi connectivity index (χ0) is 15.6. The highest BCUT2D eigenvalue weighted by Crippen LogP contribution is 2.31. The minimum absolute atomic E-state index is 0.584. The average Bonchev–Trinajstić information content (AvgIpc) is 2.99. The monoisotopic (exact) mass is 298 g/mol. The molecule has 0 unspecified atom stereocenters. The van der Waals surface area contributed by atoms with E-state index < -0.39 is 0 Å². The summed E-state index contributed by atoms with van der Waals surface area (Å²) in [6, 6.07) is 23.6. The van der Waals surface area contributed by atoms with Gasteiger partial charge < -0.3 is 9.83 Å². The molecule has 0 aliphatic rings. The second-order valence-corrected chi connectivity index (χ2v) is 5.26. The van der Waals surface area contributed by atoms with Crippen LogP contribution in [0, 0.1) is 5.41 Å². The molecule has 0 spiro atoms. The predicted octanol–water partition coefficient (Wildman–Crippen LogP) is 5.36. The van der Waals surface area contributed by atoms with E-state index in [1.807, 2.05) is 72.8 Å². The van der Waals surface area contributed by atoms with Crippen molar-refractivity contribution in [1.29, 1.82) is 5.41 Å². The van der Waals surface area contributed by atoms with E-state index >= 15 is 0 Å². The Labute approximate surface area is 133 Å². The van der Waals surface area contributed by atoms with E-state index in [1.165, 1.54) is 6.21 Å². The second-order valence-electron chi connectivity index (χ2n) is 5.26. The van der Waals surface area contributed by atoms with Crippen LogP contribution in [0.15, 0.2) is 82.2 Å². The molecule has 110 valence electrons. The summed E-state index contributed by atoms with van der Waals surface area (Å²) in [6.07, 6.45) is 1.27. The SMILES string of the molecule is N=C/C(=N\c1ccccc1)c1cccc2c1oc1ccccc12. The molecule has 0 saturated heterocycles. The molecule has 1 aromatic heterocycles. The highest BCUT2D eigenvalue weighted by atomic mass is 16.3. The fourth-order valence-corrected chi connectivity index (χ4v) is 2.76. The summed E-state index contributed by atoms with van der Waals surface area (Å²) in [5, 5.41) is 9.88. The average molecular weight is 298 g/mol. The van der Waals surface area contributed by atoms with Crippen LogP contribution in [0.2, 0.25) is 0 Å². The van der Waals surface area contributed by atoms with Crippen molar-refractivity contribution in [2.24, 2.45) is 4.99 Å². The molecule has 0 aliphatic heterocycles. The molecule has 0 radical (unpaired) electrons. The largest absolute Gasteiger partial charge is 0.455 e. The van der Waals surface area contributed by atoms with Crippen LogP contribution in [0.3, 0.4) is 0 Å². The zero-order valence-electron chi connectivity index (χ0n) is 12.4. The zero-order valence-corrected chi connectivity index (χ0v) is 12.4. The van der Waals surface area contributed by atoms with Crippen LogP contribution in [-0.4, -0.2) is 11.9 Å². The standard InChI is InChI=1S/C20H14N2O/c21-13-18(22-14-7-2-1-3-8-14)17-11-6-10-16-15-9-4-5-12-19(15)23-20(16)17/h1-13,21H/b21-13?,22-18+. The Morgan fingerprint density at radius 1 is 0.826 bits per heavy atom. The Morgan fingerprint density at radius 3 is 2.39 bits per heavy atom.